The number of piperidine rings is 1. The largest absolute Gasteiger partial charge is 0.509 e. The number of amides is 4. The number of nitrogens with one attached hydrogen (secondary N) is 1. The maximum absolute atomic E-state index is 13.8. The van der Waals surface area contributed by atoms with Gasteiger partial charge in [-0.15, -0.1) is 0 Å². The number of carbonyl (C=O) groups excluding carboxylic acids is 3. The smallest absolute Gasteiger partial charge is 0.410 e. The Hall–Kier alpha value is -3.73. The van der Waals surface area contributed by atoms with E-state index in [9.17, 15) is 19.5 Å². The second-order valence-corrected chi connectivity index (χ2v) is 12.2. The molecule has 3 saturated heterocycles. The Bertz CT molecular complexity index is 1340. The zero-order valence-electron chi connectivity index (χ0n) is 24.6. The molecule has 6 rings (SSSR count). The van der Waals surface area contributed by atoms with Gasteiger partial charge in [-0.3, -0.25) is 9.69 Å². The summed E-state index contributed by atoms with van der Waals surface area (Å²) in [4.78, 5) is 48.0. The summed E-state index contributed by atoms with van der Waals surface area (Å²) in [5.41, 5.74) is 2.90. The highest BCUT2D eigenvalue weighted by Crippen LogP contribution is 2.26. The molecule has 0 bridgehead atoms. The minimum Gasteiger partial charge on any atom is -0.509 e. The first-order valence-corrected chi connectivity index (χ1v) is 15.6. The van der Waals surface area contributed by atoms with E-state index in [0.29, 0.717) is 57.2 Å². The summed E-state index contributed by atoms with van der Waals surface area (Å²) < 4.78 is 5.95. The number of hydrogen-bond acceptors (Lipinski definition) is 6. The molecule has 4 aliphatic rings. The summed E-state index contributed by atoms with van der Waals surface area (Å²) in [5.74, 6) is -0.223. The summed E-state index contributed by atoms with van der Waals surface area (Å²) in [6.45, 7) is 4.91. The van der Waals surface area contributed by atoms with Gasteiger partial charge < -0.3 is 29.9 Å². The van der Waals surface area contributed by atoms with Crippen LogP contribution in [0, 0.1) is 0 Å². The molecule has 0 spiro atoms. The molecule has 4 aliphatic heterocycles. The number of rotatable bonds is 6. The van der Waals surface area contributed by atoms with Crippen molar-refractivity contribution in [2.45, 2.75) is 63.1 Å². The SMILES string of the molecule is [B]c1cc(CC(OC(=O)N2CCC(N3CCc4ccccc4NC3=O)CC2)C(=O)N2CCC(N3CCCC3)C2)ccc1O. The number of anilines is 1. The lowest BCUT2D eigenvalue weighted by Crippen LogP contribution is -2.51. The topological polar surface area (TPSA) is 106 Å². The van der Waals surface area contributed by atoms with Crippen LogP contribution in [0.2, 0.25) is 0 Å². The van der Waals surface area contributed by atoms with Crippen LogP contribution in [0.25, 0.3) is 0 Å². The number of carbonyl (C=O) groups is 3. The van der Waals surface area contributed by atoms with Crippen molar-refractivity contribution in [2.24, 2.45) is 0 Å². The minimum atomic E-state index is -0.999. The third-order valence-electron chi connectivity index (χ3n) is 9.47. The molecule has 11 heteroatoms. The highest BCUT2D eigenvalue weighted by atomic mass is 16.6. The molecule has 226 valence electrons. The summed E-state index contributed by atoms with van der Waals surface area (Å²) in [7, 11) is 5.92. The summed E-state index contributed by atoms with van der Waals surface area (Å²) >= 11 is 0. The number of likely N-dealkylation sites (tertiary alicyclic amines) is 3. The number of phenols is 1. The molecule has 0 aliphatic carbocycles. The summed E-state index contributed by atoms with van der Waals surface area (Å²) in [6, 6.07) is 12.9. The van der Waals surface area contributed by atoms with Gasteiger partial charge in [-0.1, -0.05) is 35.8 Å². The van der Waals surface area contributed by atoms with Crippen LogP contribution in [0.5, 0.6) is 5.75 Å². The van der Waals surface area contributed by atoms with Gasteiger partial charge in [0, 0.05) is 56.9 Å². The average molecular weight is 586 g/mol. The Morgan fingerprint density at radius 3 is 2.44 bits per heavy atom. The maximum Gasteiger partial charge on any atom is 0.410 e. The van der Waals surface area contributed by atoms with Crippen molar-refractivity contribution >= 4 is 37.0 Å². The molecule has 2 unspecified atom stereocenters. The third-order valence-corrected chi connectivity index (χ3v) is 9.47. The fourth-order valence-electron chi connectivity index (χ4n) is 6.97. The lowest BCUT2D eigenvalue weighted by atomic mass is 9.91. The van der Waals surface area contributed by atoms with Gasteiger partial charge >= 0.3 is 12.1 Å². The molecule has 2 radical (unpaired) electrons. The van der Waals surface area contributed by atoms with Gasteiger partial charge in [0.05, 0.1) is 0 Å². The van der Waals surface area contributed by atoms with E-state index in [-0.39, 0.29) is 35.6 Å². The average Bonchev–Trinajstić information content (AvgIpc) is 3.69. The molecule has 0 saturated carbocycles. The molecule has 2 N–H and O–H groups in total. The number of para-hydroxylation sites is 1. The Labute approximate surface area is 254 Å². The molecule has 2 aromatic rings. The van der Waals surface area contributed by atoms with Crippen LogP contribution < -0.4 is 10.8 Å². The number of ether oxygens (including phenoxy) is 1. The van der Waals surface area contributed by atoms with E-state index < -0.39 is 12.2 Å². The first-order chi connectivity index (χ1) is 20.9. The van der Waals surface area contributed by atoms with Gasteiger partial charge in [0.25, 0.3) is 5.91 Å². The molecule has 2 aromatic carbocycles. The minimum absolute atomic E-state index is 0.0166. The number of aromatic hydroxyl groups is 1. The van der Waals surface area contributed by atoms with Crippen molar-refractivity contribution in [3.8, 4) is 5.75 Å². The Morgan fingerprint density at radius 1 is 0.953 bits per heavy atom. The molecular formula is C32H40BN5O5. The van der Waals surface area contributed by atoms with E-state index in [1.54, 1.807) is 17.0 Å². The zero-order chi connectivity index (χ0) is 29.9. The fourth-order valence-corrected chi connectivity index (χ4v) is 6.97. The first kappa shape index (κ1) is 29.4. The Balaban J connectivity index is 1.08. The van der Waals surface area contributed by atoms with E-state index in [4.69, 9.17) is 12.6 Å². The number of nitrogens with zero attached hydrogens (tertiary/aromatic N) is 4. The predicted molar refractivity (Wildman–Crippen MR) is 164 cm³/mol. The molecule has 4 amide bonds. The standard InChI is InChI=1S/C32H40BN5O5/c33-26-19-22(7-8-28(26)39)20-29(30(40)37-17-12-25(21-37)35-13-3-4-14-35)43-32(42)36-15-10-24(11-16-36)38-18-9-23-5-1-2-6-27(23)34-31(38)41/h1-2,5-8,19,24-25,29,39H,3-4,9-18,20-21H2,(H,34,41). The molecule has 4 heterocycles. The lowest BCUT2D eigenvalue weighted by Gasteiger charge is -2.38. The van der Waals surface area contributed by atoms with Crippen molar-refractivity contribution in [1.82, 2.24) is 19.6 Å². The number of urea groups is 1. The molecule has 2 atom stereocenters. The van der Waals surface area contributed by atoms with Gasteiger partial charge in [-0.25, -0.2) is 9.59 Å². The van der Waals surface area contributed by atoms with E-state index in [0.717, 1.165) is 37.2 Å². The number of hydrogen-bond donors (Lipinski definition) is 2. The van der Waals surface area contributed by atoms with Gasteiger partial charge in [-0.2, -0.15) is 0 Å². The Kier molecular flexibility index (Phi) is 8.79. The number of fused-ring (bicyclic) bond motifs is 1. The van der Waals surface area contributed by atoms with Crippen LogP contribution in [0.1, 0.15) is 43.2 Å². The predicted octanol–water partition coefficient (Wildman–Crippen LogP) is 2.49. The molecular weight excluding hydrogens is 545 g/mol. The van der Waals surface area contributed by atoms with Crippen LogP contribution in [-0.2, 0) is 22.4 Å². The van der Waals surface area contributed by atoms with Crippen molar-refractivity contribution in [1.29, 1.82) is 0 Å². The number of benzene rings is 2. The van der Waals surface area contributed by atoms with Crippen LogP contribution in [0.4, 0.5) is 15.3 Å². The van der Waals surface area contributed by atoms with E-state index in [1.807, 2.05) is 34.1 Å². The molecule has 3 fully saturated rings. The quantitative estimate of drug-likeness (QED) is 0.505. The van der Waals surface area contributed by atoms with Gasteiger partial charge in [0.2, 0.25) is 0 Å². The first-order valence-electron chi connectivity index (χ1n) is 15.6. The lowest BCUT2D eigenvalue weighted by molar-refractivity contribution is -0.140. The van der Waals surface area contributed by atoms with Crippen molar-refractivity contribution in [3.05, 3.63) is 53.6 Å². The normalized spacial score (nSPS) is 22.2. The van der Waals surface area contributed by atoms with Crippen molar-refractivity contribution < 1.29 is 24.2 Å². The van der Waals surface area contributed by atoms with Crippen molar-refractivity contribution in [3.63, 3.8) is 0 Å². The fraction of sp³-hybridized carbons (Fsp3) is 0.531. The Morgan fingerprint density at radius 2 is 1.67 bits per heavy atom. The molecule has 0 aromatic heterocycles. The van der Waals surface area contributed by atoms with Crippen LogP contribution in [-0.4, -0.2) is 115 Å². The van der Waals surface area contributed by atoms with Crippen LogP contribution >= 0.6 is 0 Å². The maximum atomic E-state index is 13.8. The summed E-state index contributed by atoms with van der Waals surface area (Å²) in [5, 5.41) is 12.9. The monoisotopic (exact) mass is 585 g/mol. The third kappa shape index (κ3) is 6.61. The second kappa shape index (κ2) is 12.9. The summed E-state index contributed by atoms with van der Waals surface area (Å²) in [6.07, 6.45) is 4.00. The van der Waals surface area contributed by atoms with E-state index >= 15 is 0 Å². The van der Waals surface area contributed by atoms with E-state index in [2.05, 4.69) is 10.2 Å². The molecule has 43 heavy (non-hydrogen) atoms. The highest BCUT2D eigenvalue weighted by Gasteiger charge is 2.38. The van der Waals surface area contributed by atoms with Gasteiger partial charge in [-0.05, 0) is 74.9 Å². The van der Waals surface area contributed by atoms with Crippen LogP contribution in [0.15, 0.2) is 42.5 Å². The zero-order valence-corrected chi connectivity index (χ0v) is 24.6. The van der Waals surface area contributed by atoms with E-state index in [1.165, 1.54) is 18.9 Å². The van der Waals surface area contributed by atoms with Crippen molar-refractivity contribution in [2.75, 3.05) is 51.1 Å². The second-order valence-electron chi connectivity index (χ2n) is 12.2. The number of phenolic OH excluding ortho intramolecular Hbond substituents is 1. The van der Waals surface area contributed by atoms with Crippen LogP contribution in [0.3, 0.4) is 0 Å². The molecule has 10 nitrogen and oxygen atoms in total. The van der Waals surface area contributed by atoms with Gasteiger partial charge in [0.15, 0.2) is 6.10 Å². The highest BCUT2D eigenvalue weighted by molar-refractivity contribution is 6.34. The van der Waals surface area contributed by atoms with Gasteiger partial charge in [0.1, 0.15) is 13.6 Å².